The first-order valence-corrected chi connectivity index (χ1v) is 6.80. The average molecular weight is 318 g/mol. The SMILES string of the molecule is O=Cc1cc(Cl)cc(Cl)c1OCC(=O)N1CCOCC1. The molecule has 2 rings (SSSR count). The van der Waals surface area contributed by atoms with E-state index in [1.54, 1.807) is 4.90 Å². The van der Waals surface area contributed by atoms with Crippen LogP contribution in [0.15, 0.2) is 12.1 Å². The molecule has 0 unspecified atom stereocenters. The molecule has 108 valence electrons. The fraction of sp³-hybridized carbons (Fsp3) is 0.385. The van der Waals surface area contributed by atoms with Gasteiger partial charge < -0.3 is 14.4 Å². The Labute approximate surface area is 126 Å². The summed E-state index contributed by atoms with van der Waals surface area (Å²) in [5.41, 5.74) is 0.220. The molecule has 0 aromatic heterocycles. The summed E-state index contributed by atoms with van der Waals surface area (Å²) < 4.78 is 10.5. The van der Waals surface area contributed by atoms with E-state index >= 15 is 0 Å². The molecule has 0 N–H and O–H groups in total. The number of carbonyl (C=O) groups is 2. The molecular formula is C13H13Cl2NO4. The van der Waals surface area contributed by atoms with E-state index in [9.17, 15) is 9.59 Å². The largest absolute Gasteiger partial charge is 0.481 e. The van der Waals surface area contributed by atoms with Gasteiger partial charge in [0.2, 0.25) is 0 Å². The predicted octanol–water partition coefficient (Wildman–Crippen LogP) is 2.04. The molecule has 1 saturated heterocycles. The number of hydrogen-bond donors (Lipinski definition) is 0. The molecule has 1 aliphatic heterocycles. The first kappa shape index (κ1) is 15.1. The van der Waals surface area contributed by atoms with Gasteiger partial charge in [-0.25, -0.2) is 0 Å². The molecular weight excluding hydrogens is 305 g/mol. The van der Waals surface area contributed by atoms with Crippen LogP contribution in [0, 0.1) is 0 Å². The van der Waals surface area contributed by atoms with Crippen LogP contribution in [0.3, 0.4) is 0 Å². The lowest BCUT2D eigenvalue weighted by Gasteiger charge is -2.26. The minimum atomic E-state index is -0.178. The molecule has 7 heteroatoms. The predicted molar refractivity (Wildman–Crippen MR) is 74.7 cm³/mol. The van der Waals surface area contributed by atoms with Gasteiger partial charge in [-0.05, 0) is 12.1 Å². The van der Waals surface area contributed by atoms with Crippen LogP contribution in [0.1, 0.15) is 10.4 Å². The van der Waals surface area contributed by atoms with Crippen LogP contribution in [-0.2, 0) is 9.53 Å². The smallest absolute Gasteiger partial charge is 0.260 e. The summed E-state index contributed by atoms with van der Waals surface area (Å²) >= 11 is 11.8. The number of benzene rings is 1. The number of morpholine rings is 1. The lowest BCUT2D eigenvalue weighted by atomic mass is 10.2. The molecule has 5 nitrogen and oxygen atoms in total. The zero-order valence-corrected chi connectivity index (χ0v) is 12.1. The van der Waals surface area contributed by atoms with Crippen molar-refractivity contribution in [2.75, 3.05) is 32.9 Å². The van der Waals surface area contributed by atoms with Gasteiger partial charge in [-0.2, -0.15) is 0 Å². The van der Waals surface area contributed by atoms with E-state index in [1.807, 2.05) is 0 Å². The summed E-state index contributed by atoms with van der Waals surface area (Å²) in [6.07, 6.45) is 0.590. The molecule has 1 aromatic carbocycles. The van der Waals surface area contributed by atoms with E-state index in [4.69, 9.17) is 32.7 Å². The van der Waals surface area contributed by atoms with Gasteiger partial charge in [0.05, 0.1) is 23.8 Å². The number of amides is 1. The van der Waals surface area contributed by atoms with E-state index < -0.39 is 0 Å². The van der Waals surface area contributed by atoms with Crippen LogP contribution < -0.4 is 4.74 Å². The van der Waals surface area contributed by atoms with Crippen LogP contribution in [0.2, 0.25) is 10.0 Å². The van der Waals surface area contributed by atoms with E-state index in [2.05, 4.69) is 0 Å². The Morgan fingerprint density at radius 1 is 1.35 bits per heavy atom. The van der Waals surface area contributed by atoms with Gasteiger partial charge in [-0.15, -0.1) is 0 Å². The molecule has 1 amide bonds. The van der Waals surface area contributed by atoms with Crippen LogP contribution in [0.5, 0.6) is 5.75 Å². The second-order valence-corrected chi connectivity index (χ2v) is 5.05. The number of halogens is 2. The summed E-state index contributed by atoms with van der Waals surface area (Å²) in [5, 5.41) is 0.540. The van der Waals surface area contributed by atoms with Gasteiger partial charge in [0.1, 0.15) is 5.75 Å². The fourth-order valence-corrected chi connectivity index (χ4v) is 2.42. The third kappa shape index (κ3) is 3.62. The highest BCUT2D eigenvalue weighted by atomic mass is 35.5. The Morgan fingerprint density at radius 3 is 2.70 bits per heavy atom. The highest BCUT2D eigenvalue weighted by molar-refractivity contribution is 6.36. The van der Waals surface area contributed by atoms with Gasteiger partial charge in [-0.1, -0.05) is 23.2 Å². The van der Waals surface area contributed by atoms with Gasteiger partial charge in [0, 0.05) is 18.1 Å². The van der Waals surface area contributed by atoms with Crippen molar-refractivity contribution in [3.05, 3.63) is 27.7 Å². The summed E-state index contributed by atoms with van der Waals surface area (Å²) in [5.74, 6) is 0.00356. The lowest BCUT2D eigenvalue weighted by Crippen LogP contribution is -2.43. The monoisotopic (exact) mass is 317 g/mol. The molecule has 0 radical (unpaired) electrons. The minimum absolute atomic E-state index is 0.170. The van der Waals surface area contributed by atoms with Crippen molar-refractivity contribution in [2.45, 2.75) is 0 Å². The van der Waals surface area contributed by atoms with Crippen molar-refractivity contribution in [1.29, 1.82) is 0 Å². The first-order chi connectivity index (χ1) is 9.61. The summed E-state index contributed by atoms with van der Waals surface area (Å²) in [7, 11) is 0. The quantitative estimate of drug-likeness (QED) is 0.797. The number of carbonyl (C=O) groups excluding carboxylic acids is 2. The van der Waals surface area contributed by atoms with Crippen LogP contribution in [-0.4, -0.2) is 50.0 Å². The van der Waals surface area contributed by atoms with Crippen molar-refractivity contribution in [2.24, 2.45) is 0 Å². The Hall–Kier alpha value is -1.30. The maximum Gasteiger partial charge on any atom is 0.260 e. The Balaban J connectivity index is 2.03. The number of aldehydes is 1. The zero-order chi connectivity index (χ0) is 14.5. The highest BCUT2D eigenvalue weighted by Gasteiger charge is 2.18. The maximum absolute atomic E-state index is 11.9. The second kappa shape index (κ2) is 6.92. The summed E-state index contributed by atoms with van der Waals surface area (Å²) in [6.45, 7) is 1.94. The average Bonchev–Trinajstić information content (AvgIpc) is 2.46. The Morgan fingerprint density at radius 2 is 2.05 bits per heavy atom. The summed E-state index contributed by atoms with van der Waals surface area (Å²) in [6, 6.07) is 2.90. The zero-order valence-electron chi connectivity index (χ0n) is 10.6. The van der Waals surface area contributed by atoms with E-state index in [-0.39, 0.29) is 28.8 Å². The van der Waals surface area contributed by atoms with Crippen molar-refractivity contribution < 1.29 is 19.1 Å². The Kier molecular flexibility index (Phi) is 5.23. The molecule has 1 heterocycles. The van der Waals surface area contributed by atoms with Gasteiger partial charge in [0.25, 0.3) is 5.91 Å². The summed E-state index contributed by atoms with van der Waals surface area (Å²) in [4.78, 5) is 24.6. The normalized spacial score (nSPS) is 15.0. The Bertz CT molecular complexity index is 515. The topological polar surface area (TPSA) is 55.8 Å². The number of hydrogen-bond acceptors (Lipinski definition) is 4. The minimum Gasteiger partial charge on any atom is -0.481 e. The number of nitrogens with zero attached hydrogens (tertiary/aromatic N) is 1. The molecule has 0 bridgehead atoms. The van der Waals surface area contributed by atoms with Gasteiger partial charge in [0.15, 0.2) is 12.9 Å². The van der Waals surface area contributed by atoms with E-state index in [1.165, 1.54) is 12.1 Å². The van der Waals surface area contributed by atoms with Crippen molar-refractivity contribution in [3.8, 4) is 5.75 Å². The molecule has 1 aliphatic rings. The first-order valence-electron chi connectivity index (χ1n) is 6.04. The molecule has 0 aliphatic carbocycles. The van der Waals surface area contributed by atoms with Crippen LogP contribution in [0.4, 0.5) is 0 Å². The van der Waals surface area contributed by atoms with Crippen LogP contribution >= 0.6 is 23.2 Å². The van der Waals surface area contributed by atoms with E-state index in [0.717, 1.165) is 0 Å². The second-order valence-electron chi connectivity index (χ2n) is 4.21. The fourth-order valence-electron chi connectivity index (χ4n) is 1.86. The highest BCUT2D eigenvalue weighted by Crippen LogP contribution is 2.31. The molecule has 0 saturated carbocycles. The molecule has 0 atom stereocenters. The van der Waals surface area contributed by atoms with Crippen molar-refractivity contribution >= 4 is 35.4 Å². The number of ether oxygens (including phenoxy) is 2. The molecule has 1 aromatic rings. The molecule has 0 spiro atoms. The molecule has 20 heavy (non-hydrogen) atoms. The van der Waals surface area contributed by atoms with Gasteiger partial charge >= 0.3 is 0 Å². The van der Waals surface area contributed by atoms with Crippen LogP contribution in [0.25, 0.3) is 0 Å². The maximum atomic E-state index is 11.9. The van der Waals surface area contributed by atoms with E-state index in [0.29, 0.717) is 37.6 Å². The third-order valence-corrected chi connectivity index (χ3v) is 3.37. The van der Waals surface area contributed by atoms with Crippen molar-refractivity contribution in [1.82, 2.24) is 4.90 Å². The van der Waals surface area contributed by atoms with Gasteiger partial charge in [-0.3, -0.25) is 9.59 Å². The third-order valence-electron chi connectivity index (χ3n) is 2.87. The standard InChI is InChI=1S/C13H13Cl2NO4/c14-10-5-9(7-17)13(11(15)6-10)20-8-12(18)16-1-3-19-4-2-16/h5-7H,1-4,8H2. The number of rotatable bonds is 4. The molecule has 1 fully saturated rings. The lowest BCUT2D eigenvalue weighted by molar-refractivity contribution is -0.137. The van der Waals surface area contributed by atoms with Crippen molar-refractivity contribution in [3.63, 3.8) is 0 Å².